The number of hydrogen-bond acceptors (Lipinski definition) is 2. The van der Waals surface area contributed by atoms with Gasteiger partial charge < -0.3 is 4.74 Å². The maximum absolute atomic E-state index is 11.5. The van der Waals surface area contributed by atoms with Crippen LogP contribution in [-0.4, -0.2) is 12.6 Å². The summed E-state index contributed by atoms with van der Waals surface area (Å²) in [6, 6.07) is 0. The van der Waals surface area contributed by atoms with Crippen LogP contribution < -0.4 is 0 Å². The Hall–Kier alpha value is -0.530. The highest BCUT2D eigenvalue weighted by molar-refractivity contribution is 5.74. The topological polar surface area (TPSA) is 26.3 Å². The van der Waals surface area contributed by atoms with Crippen molar-refractivity contribution in [1.29, 1.82) is 0 Å². The first-order valence-corrected chi connectivity index (χ1v) is 6.39. The number of carbonyl (C=O) groups is 1. The zero-order chi connectivity index (χ0) is 10.8. The first-order valence-electron chi connectivity index (χ1n) is 6.39. The molecule has 0 aromatic heterocycles. The molecule has 4 atom stereocenters. The van der Waals surface area contributed by atoms with Gasteiger partial charge in [-0.25, -0.2) is 0 Å². The molecule has 4 unspecified atom stereocenters. The van der Waals surface area contributed by atoms with Crippen molar-refractivity contribution in [2.75, 3.05) is 6.61 Å². The molecule has 2 aliphatic rings. The van der Waals surface area contributed by atoms with Crippen LogP contribution in [0.25, 0.3) is 0 Å². The second-order valence-corrected chi connectivity index (χ2v) is 5.27. The summed E-state index contributed by atoms with van der Waals surface area (Å²) in [6.07, 6.45) is 6.28. The van der Waals surface area contributed by atoms with E-state index in [0.717, 1.165) is 18.3 Å². The van der Waals surface area contributed by atoms with E-state index in [2.05, 4.69) is 13.8 Å². The Morgan fingerprint density at radius 1 is 1.40 bits per heavy atom. The minimum Gasteiger partial charge on any atom is -0.465 e. The molecule has 15 heavy (non-hydrogen) atoms. The minimum absolute atomic E-state index is 0.0578. The summed E-state index contributed by atoms with van der Waals surface area (Å²) in [6.45, 7) is 5.18. The van der Waals surface area contributed by atoms with Crippen molar-refractivity contribution >= 4 is 5.97 Å². The number of carbonyl (C=O) groups excluding carboxylic acids is 1. The van der Waals surface area contributed by atoms with E-state index in [1.54, 1.807) is 0 Å². The molecular weight excluding hydrogens is 188 g/mol. The highest BCUT2D eigenvalue weighted by Crippen LogP contribution is 2.41. The van der Waals surface area contributed by atoms with Crippen molar-refractivity contribution in [2.45, 2.75) is 46.0 Å². The molecule has 1 saturated carbocycles. The lowest BCUT2D eigenvalue weighted by molar-refractivity contribution is -0.142. The van der Waals surface area contributed by atoms with Gasteiger partial charge in [-0.05, 0) is 37.0 Å². The molecule has 2 fully saturated rings. The van der Waals surface area contributed by atoms with Gasteiger partial charge >= 0.3 is 5.97 Å². The number of ether oxygens (including phenoxy) is 1. The fraction of sp³-hybridized carbons (Fsp3) is 0.923. The van der Waals surface area contributed by atoms with Gasteiger partial charge in [-0.15, -0.1) is 0 Å². The lowest BCUT2D eigenvalue weighted by atomic mass is 9.80. The molecular formula is C13H22O2. The molecule has 0 bridgehead atoms. The van der Waals surface area contributed by atoms with E-state index in [9.17, 15) is 4.79 Å². The van der Waals surface area contributed by atoms with Crippen LogP contribution in [0.5, 0.6) is 0 Å². The largest absolute Gasteiger partial charge is 0.465 e. The number of rotatable bonds is 3. The highest BCUT2D eigenvalue weighted by atomic mass is 16.5. The normalized spacial score (nSPS) is 38.0. The number of hydrogen-bond donors (Lipinski definition) is 0. The molecule has 1 aliphatic carbocycles. The van der Waals surface area contributed by atoms with Crippen molar-refractivity contribution in [1.82, 2.24) is 0 Å². The van der Waals surface area contributed by atoms with Crippen LogP contribution in [0.15, 0.2) is 0 Å². The molecule has 0 amide bonds. The van der Waals surface area contributed by atoms with E-state index < -0.39 is 0 Å². The Balaban J connectivity index is 1.91. The zero-order valence-electron chi connectivity index (χ0n) is 9.87. The second-order valence-electron chi connectivity index (χ2n) is 5.27. The van der Waals surface area contributed by atoms with Gasteiger partial charge in [-0.3, -0.25) is 4.79 Å². The maximum Gasteiger partial charge on any atom is 0.309 e. The van der Waals surface area contributed by atoms with Crippen LogP contribution in [0.4, 0.5) is 0 Å². The first kappa shape index (κ1) is 11.0. The third-order valence-electron chi connectivity index (χ3n) is 4.51. The van der Waals surface area contributed by atoms with Crippen LogP contribution in [0.1, 0.15) is 46.0 Å². The van der Waals surface area contributed by atoms with Crippen molar-refractivity contribution in [3.63, 3.8) is 0 Å². The molecule has 0 spiro atoms. The summed E-state index contributed by atoms with van der Waals surface area (Å²) in [7, 11) is 0. The van der Waals surface area contributed by atoms with Gasteiger partial charge in [0.1, 0.15) is 0 Å². The Morgan fingerprint density at radius 3 is 2.73 bits per heavy atom. The average Bonchev–Trinajstić information content (AvgIpc) is 2.84. The van der Waals surface area contributed by atoms with Gasteiger partial charge in [0.15, 0.2) is 0 Å². The predicted molar refractivity (Wildman–Crippen MR) is 59.4 cm³/mol. The predicted octanol–water partition coefficient (Wildman–Crippen LogP) is 3.01. The molecule has 0 radical (unpaired) electrons. The fourth-order valence-corrected chi connectivity index (χ4v) is 3.28. The molecule has 86 valence electrons. The van der Waals surface area contributed by atoms with Gasteiger partial charge in [0, 0.05) is 0 Å². The summed E-state index contributed by atoms with van der Waals surface area (Å²) in [5, 5.41) is 0. The molecule has 1 heterocycles. The second kappa shape index (κ2) is 4.54. The Kier molecular flexibility index (Phi) is 3.32. The first-order chi connectivity index (χ1) is 7.22. The Bertz CT molecular complexity index is 237. The van der Waals surface area contributed by atoms with Crippen LogP contribution in [0, 0.1) is 23.7 Å². The fourth-order valence-electron chi connectivity index (χ4n) is 3.28. The van der Waals surface area contributed by atoms with Crippen LogP contribution in [0.3, 0.4) is 0 Å². The molecule has 1 saturated heterocycles. The van der Waals surface area contributed by atoms with Crippen molar-refractivity contribution in [2.24, 2.45) is 23.7 Å². The third kappa shape index (κ3) is 2.19. The van der Waals surface area contributed by atoms with E-state index in [0.29, 0.717) is 12.5 Å². The van der Waals surface area contributed by atoms with E-state index >= 15 is 0 Å². The van der Waals surface area contributed by atoms with Gasteiger partial charge in [0.25, 0.3) is 0 Å². The SMILES string of the molecule is CCC1CCC(C(C)C2CCOC2=O)C1. The lowest BCUT2D eigenvalue weighted by Crippen LogP contribution is -2.23. The van der Waals surface area contributed by atoms with Crippen LogP contribution in [0.2, 0.25) is 0 Å². The Labute approximate surface area is 92.4 Å². The Morgan fingerprint density at radius 2 is 2.20 bits per heavy atom. The maximum atomic E-state index is 11.5. The van der Waals surface area contributed by atoms with Crippen LogP contribution >= 0.6 is 0 Å². The third-order valence-corrected chi connectivity index (χ3v) is 4.51. The number of cyclic esters (lactones) is 1. The summed E-state index contributed by atoms with van der Waals surface area (Å²) < 4.78 is 5.06. The van der Waals surface area contributed by atoms with E-state index in [1.165, 1.54) is 25.7 Å². The summed E-state index contributed by atoms with van der Waals surface area (Å²) in [5.74, 6) is 2.48. The molecule has 0 N–H and O–H groups in total. The molecule has 0 aromatic rings. The van der Waals surface area contributed by atoms with Crippen molar-refractivity contribution < 1.29 is 9.53 Å². The monoisotopic (exact) mass is 210 g/mol. The van der Waals surface area contributed by atoms with E-state index in [1.807, 2.05) is 0 Å². The minimum atomic E-state index is 0.0578. The summed E-state index contributed by atoms with van der Waals surface area (Å²) in [5.41, 5.74) is 0. The smallest absolute Gasteiger partial charge is 0.309 e. The van der Waals surface area contributed by atoms with Crippen molar-refractivity contribution in [3.05, 3.63) is 0 Å². The average molecular weight is 210 g/mol. The van der Waals surface area contributed by atoms with Gasteiger partial charge in [0.2, 0.25) is 0 Å². The van der Waals surface area contributed by atoms with Crippen LogP contribution in [-0.2, 0) is 9.53 Å². The molecule has 1 aliphatic heterocycles. The quantitative estimate of drug-likeness (QED) is 0.669. The number of esters is 1. The summed E-state index contributed by atoms with van der Waals surface area (Å²) in [4.78, 5) is 11.5. The molecule has 0 aromatic carbocycles. The van der Waals surface area contributed by atoms with E-state index in [4.69, 9.17) is 4.74 Å². The van der Waals surface area contributed by atoms with Gasteiger partial charge in [0.05, 0.1) is 12.5 Å². The van der Waals surface area contributed by atoms with Gasteiger partial charge in [-0.2, -0.15) is 0 Å². The van der Waals surface area contributed by atoms with Crippen molar-refractivity contribution in [3.8, 4) is 0 Å². The summed E-state index contributed by atoms with van der Waals surface area (Å²) >= 11 is 0. The highest BCUT2D eigenvalue weighted by Gasteiger charge is 2.38. The van der Waals surface area contributed by atoms with E-state index in [-0.39, 0.29) is 11.9 Å². The zero-order valence-corrected chi connectivity index (χ0v) is 9.87. The lowest BCUT2D eigenvalue weighted by Gasteiger charge is -2.22. The van der Waals surface area contributed by atoms with Gasteiger partial charge in [-0.1, -0.05) is 26.7 Å². The molecule has 2 rings (SSSR count). The molecule has 2 heteroatoms. The molecule has 2 nitrogen and oxygen atoms in total. The standard InChI is InChI=1S/C13H22O2/c1-3-10-4-5-11(8-10)9(2)12-6-7-15-13(12)14/h9-12H,3-8H2,1-2H3.